The van der Waals surface area contributed by atoms with E-state index >= 15 is 0 Å². The van der Waals surface area contributed by atoms with Crippen molar-refractivity contribution in [1.82, 2.24) is 4.90 Å². The highest BCUT2D eigenvalue weighted by molar-refractivity contribution is 14.1. The molecule has 0 bridgehead atoms. The van der Waals surface area contributed by atoms with Gasteiger partial charge in [0.15, 0.2) is 11.5 Å². The summed E-state index contributed by atoms with van der Waals surface area (Å²) >= 11 is 2.92. The number of carbonyl (C=O) groups excluding carboxylic acids is 3. The molecule has 0 saturated carbocycles. The molecule has 1 heterocycles. The first-order valence-electron chi connectivity index (χ1n) is 10.1. The van der Waals surface area contributed by atoms with Crippen molar-refractivity contribution in [2.45, 2.75) is 13.8 Å². The van der Waals surface area contributed by atoms with E-state index in [1.54, 1.807) is 36.4 Å². The number of hydrogen-bond donors (Lipinski definition) is 1. The lowest BCUT2D eigenvalue weighted by Crippen LogP contribution is -2.36. The van der Waals surface area contributed by atoms with Gasteiger partial charge in [0.25, 0.3) is 11.1 Å². The molecule has 0 aliphatic carbocycles. The van der Waals surface area contributed by atoms with Gasteiger partial charge in [-0.15, -0.1) is 0 Å². The fraction of sp³-hybridized carbons (Fsp3) is 0.261. The number of nitrogens with one attached hydrogen (secondary N) is 1. The Morgan fingerprint density at radius 1 is 1.12 bits per heavy atom. The molecule has 0 aromatic heterocycles. The zero-order chi connectivity index (χ0) is 24.0. The van der Waals surface area contributed by atoms with Gasteiger partial charge in [0, 0.05) is 5.69 Å². The van der Waals surface area contributed by atoms with E-state index in [0.29, 0.717) is 41.7 Å². The third-order valence-electron chi connectivity index (χ3n) is 4.46. The van der Waals surface area contributed by atoms with Crippen LogP contribution in [0.3, 0.4) is 0 Å². The standard InChI is InChI=1S/C23H23IN2O6S/c1-4-31-16-8-6-15(7-9-16)25-20(27)13-26-22(28)19(33-23(26)29)12-14-10-17(24)21(32-5-2)18(11-14)30-3/h6-12H,4-5,13H2,1-3H3,(H,25,27)/b19-12-. The highest BCUT2D eigenvalue weighted by Gasteiger charge is 2.36. The molecule has 0 atom stereocenters. The zero-order valence-electron chi connectivity index (χ0n) is 18.3. The Bertz CT molecular complexity index is 1090. The van der Waals surface area contributed by atoms with Crippen molar-refractivity contribution in [1.29, 1.82) is 0 Å². The molecule has 3 rings (SSSR count). The van der Waals surface area contributed by atoms with Crippen LogP contribution in [0.5, 0.6) is 17.2 Å². The molecular weight excluding hydrogens is 559 g/mol. The molecule has 8 nitrogen and oxygen atoms in total. The van der Waals surface area contributed by atoms with Crippen LogP contribution in [0.25, 0.3) is 6.08 Å². The number of amides is 3. The largest absolute Gasteiger partial charge is 0.494 e. The molecule has 2 aromatic carbocycles. The van der Waals surface area contributed by atoms with Crippen LogP contribution in [-0.4, -0.2) is 48.8 Å². The van der Waals surface area contributed by atoms with E-state index in [-0.39, 0.29) is 11.4 Å². The van der Waals surface area contributed by atoms with Crippen LogP contribution in [0, 0.1) is 3.57 Å². The monoisotopic (exact) mass is 582 g/mol. The number of imide groups is 1. The summed E-state index contributed by atoms with van der Waals surface area (Å²) in [6, 6.07) is 10.4. The molecule has 1 N–H and O–H groups in total. The number of hydrogen-bond acceptors (Lipinski definition) is 7. The minimum atomic E-state index is -0.519. The molecule has 0 radical (unpaired) electrons. The Labute approximate surface area is 209 Å². The van der Waals surface area contributed by atoms with Gasteiger partial charge in [-0.3, -0.25) is 19.3 Å². The van der Waals surface area contributed by atoms with Crippen molar-refractivity contribution in [2.75, 3.05) is 32.2 Å². The number of benzene rings is 2. The predicted octanol–water partition coefficient (Wildman–Crippen LogP) is 4.77. The summed E-state index contributed by atoms with van der Waals surface area (Å²) in [7, 11) is 1.54. The molecule has 174 valence electrons. The Balaban J connectivity index is 1.70. The fourth-order valence-corrected chi connectivity index (χ4v) is 4.66. The Morgan fingerprint density at radius 3 is 2.45 bits per heavy atom. The van der Waals surface area contributed by atoms with Crippen molar-refractivity contribution >= 4 is 63.2 Å². The van der Waals surface area contributed by atoms with E-state index in [1.807, 2.05) is 19.9 Å². The lowest BCUT2D eigenvalue weighted by Gasteiger charge is -2.13. The van der Waals surface area contributed by atoms with Crippen molar-refractivity contribution in [3.63, 3.8) is 0 Å². The number of anilines is 1. The van der Waals surface area contributed by atoms with Crippen molar-refractivity contribution in [3.8, 4) is 17.2 Å². The maximum absolute atomic E-state index is 12.8. The molecule has 1 aliphatic rings. The Morgan fingerprint density at radius 2 is 1.82 bits per heavy atom. The summed E-state index contributed by atoms with van der Waals surface area (Å²) in [4.78, 5) is 38.8. The molecule has 2 aromatic rings. The second-order valence-electron chi connectivity index (χ2n) is 6.74. The lowest BCUT2D eigenvalue weighted by atomic mass is 10.2. The molecule has 3 amide bonds. The third kappa shape index (κ3) is 6.20. The quantitative estimate of drug-likeness (QED) is 0.336. The van der Waals surface area contributed by atoms with E-state index in [2.05, 4.69) is 27.9 Å². The average molecular weight is 582 g/mol. The van der Waals surface area contributed by atoms with E-state index in [0.717, 1.165) is 20.2 Å². The topological polar surface area (TPSA) is 94.2 Å². The minimum Gasteiger partial charge on any atom is -0.494 e. The van der Waals surface area contributed by atoms with Gasteiger partial charge in [0.05, 0.1) is 28.8 Å². The van der Waals surface area contributed by atoms with Gasteiger partial charge < -0.3 is 19.5 Å². The number of halogens is 1. The highest BCUT2D eigenvalue weighted by Crippen LogP contribution is 2.37. The summed E-state index contributed by atoms with van der Waals surface area (Å²) in [6.45, 7) is 4.42. The fourth-order valence-electron chi connectivity index (χ4n) is 3.04. The summed E-state index contributed by atoms with van der Waals surface area (Å²) in [5.41, 5.74) is 1.23. The summed E-state index contributed by atoms with van der Waals surface area (Å²) in [6.07, 6.45) is 1.61. The van der Waals surface area contributed by atoms with Crippen molar-refractivity contribution in [2.24, 2.45) is 0 Å². The first-order chi connectivity index (χ1) is 15.9. The number of nitrogens with zero attached hydrogens (tertiary/aromatic N) is 1. The van der Waals surface area contributed by atoms with Gasteiger partial charge in [-0.25, -0.2) is 0 Å². The average Bonchev–Trinajstić information content (AvgIpc) is 3.04. The lowest BCUT2D eigenvalue weighted by molar-refractivity contribution is -0.127. The van der Waals surface area contributed by atoms with Crippen LogP contribution < -0.4 is 19.5 Å². The molecule has 1 aliphatic heterocycles. The first-order valence-corrected chi connectivity index (χ1v) is 12.0. The summed E-state index contributed by atoms with van der Waals surface area (Å²) in [5, 5.41) is 2.18. The maximum atomic E-state index is 12.8. The van der Waals surface area contributed by atoms with Gasteiger partial charge in [-0.05, 0) is 96.2 Å². The smallest absolute Gasteiger partial charge is 0.294 e. The summed E-state index contributed by atoms with van der Waals surface area (Å²) < 4.78 is 17.2. The van der Waals surface area contributed by atoms with E-state index in [1.165, 1.54) is 7.11 Å². The normalized spacial score (nSPS) is 14.5. The number of rotatable bonds is 9. The number of methoxy groups -OCH3 is 1. The van der Waals surface area contributed by atoms with Crippen LogP contribution >= 0.6 is 34.4 Å². The molecule has 0 unspecified atom stereocenters. The second-order valence-corrected chi connectivity index (χ2v) is 8.90. The van der Waals surface area contributed by atoms with Crippen molar-refractivity contribution < 1.29 is 28.6 Å². The van der Waals surface area contributed by atoms with Crippen LogP contribution in [-0.2, 0) is 9.59 Å². The van der Waals surface area contributed by atoms with Gasteiger partial charge in [-0.1, -0.05) is 0 Å². The Kier molecular flexibility index (Phi) is 8.61. The van der Waals surface area contributed by atoms with E-state index in [4.69, 9.17) is 14.2 Å². The van der Waals surface area contributed by atoms with Crippen LogP contribution in [0.15, 0.2) is 41.3 Å². The van der Waals surface area contributed by atoms with Crippen LogP contribution in [0.2, 0.25) is 0 Å². The first kappa shape index (κ1) is 24.9. The van der Waals surface area contributed by atoms with Crippen LogP contribution in [0.4, 0.5) is 10.5 Å². The van der Waals surface area contributed by atoms with Crippen molar-refractivity contribution in [3.05, 3.63) is 50.4 Å². The SMILES string of the molecule is CCOc1ccc(NC(=O)CN2C(=O)S/C(=C\c3cc(I)c(OCC)c(OC)c3)C2=O)cc1. The molecule has 1 saturated heterocycles. The molecule has 0 spiro atoms. The number of carbonyl (C=O) groups is 3. The van der Waals surface area contributed by atoms with E-state index < -0.39 is 17.1 Å². The number of ether oxygens (including phenoxy) is 3. The van der Waals surface area contributed by atoms with E-state index in [9.17, 15) is 14.4 Å². The van der Waals surface area contributed by atoms with Gasteiger partial charge >= 0.3 is 0 Å². The summed E-state index contributed by atoms with van der Waals surface area (Å²) in [5.74, 6) is 0.850. The molecule has 33 heavy (non-hydrogen) atoms. The molecule has 1 fully saturated rings. The zero-order valence-corrected chi connectivity index (χ0v) is 21.3. The minimum absolute atomic E-state index is 0.232. The second kappa shape index (κ2) is 11.4. The predicted molar refractivity (Wildman–Crippen MR) is 136 cm³/mol. The van der Waals surface area contributed by atoms with Gasteiger partial charge in [-0.2, -0.15) is 0 Å². The molecule has 10 heteroatoms. The maximum Gasteiger partial charge on any atom is 0.294 e. The number of thioether (sulfide) groups is 1. The van der Waals surface area contributed by atoms with Gasteiger partial charge in [0.1, 0.15) is 12.3 Å². The van der Waals surface area contributed by atoms with Crippen LogP contribution in [0.1, 0.15) is 19.4 Å². The van der Waals surface area contributed by atoms with Gasteiger partial charge in [0.2, 0.25) is 5.91 Å². The molecular formula is C23H23IN2O6S. The third-order valence-corrected chi connectivity index (χ3v) is 6.17. The Hall–Kier alpha value is -2.73. The highest BCUT2D eigenvalue weighted by atomic mass is 127.